The summed E-state index contributed by atoms with van der Waals surface area (Å²) in [6.07, 6.45) is 0.526. The first kappa shape index (κ1) is 7.41. The summed E-state index contributed by atoms with van der Waals surface area (Å²) in [6.45, 7) is 2.04. The SMILES string of the molecule is CC(=O)CCC(=O)C1CO1. The van der Waals surface area contributed by atoms with E-state index in [1.54, 1.807) is 0 Å². The molecule has 0 N–H and O–H groups in total. The second-order valence-corrected chi connectivity index (χ2v) is 2.49. The van der Waals surface area contributed by atoms with E-state index < -0.39 is 0 Å². The maximum Gasteiger partial charge on any atom is 0.164 e. The van der Waals surface area contributed by atoms with E-state index in [1.165, 1.54) is 6.92 Å². The number of ketones is 2. The maximum atomic E-state index is 10.8. The Kier molecular flexibility index (Phi) is 2.17. The van der Waals surface area contributed by atoms with Crippen LogP contribution < -0.4 is 0 Å². The summed E-state index contributed by atoms with van der Waals surface area (Å²) in [5, 5.41) is 0. The van der Waals surface area contributed by atoms with Crippen LogP contribution in [0.15, 0.2) is 0 Å². The molecule has 56 valence electrons. The van der Waals surface area contributed by atoms with Crippen LogP contribution in [0.25, 0.3) is 0 Å². The van der Waals surface area contributed by atoms with Crippen molar-refractivity contribution in [3.05, 3.63) is 0 Å². The van der Waals surface area contributed by atoms with Gasteiger partial charge in [0.1, 0.15) is 11.9 Å². The Morgan fingerprint density at radius 3 is 2.50 bits per heavy atom. The van der Waals surface area contributed by atoms with Crippen molar-refractivity contribution < 1.29 is 14.3 Å². The molecular formula is C7H10O3. The van der Waals surface area contributed by atoms with Crippen LogP contribution >= 0.6 is 0 Å². The van der Waals surface area contributed by atoms with Gasteiger partial charge >= 0.3 is 0 Å². The van der Waals surface area contributed by atoms with Gasteiger partial charge in [0.15, 0.2) is 5.78 Å². The lowest BCUT2D eigenvalue weighted by molar-refractivity contribution is -0.124. The molecule has 0 aromatic carbocycles. The minimum atomic E-state index is -0.181. The third-order valence-electron chi connectivity index (χ3n) is 1.42. The molecule has 1 rings (SSSR count). The quantitative estimate of drug-likeness (QED) is 0.531. The van der Waals surface area contributed by atoms with Gasteiger partial charge in [-0.15, -0.1) is 0 Å². The van der Waals surface area contributed by atoms with Crippen LogP contribution in [0.4, 0.5) is 0 Å². The first-order valence-corrected chi connectivity index (χ1v) is 3.34. The van der Waals surface area contributed by atoms with Crippen LogP contribution in [0.3, 0.4) is 0 Å². The smallest absolute Gasteiger partial charge is 0.164 e. The molecule has 1 unspecified atom stereocenters. The highest BCUT2D eigenvalue weighted by atomic mass is 16.6. The van der Waals surface area contributed by atoms with E-state index in [1.807, 2.05) is 0 Å². The molecule has 1 saturated heterocycles. The maximum absolute atomic E-state index is 10.8. The van der Waals surface area contributed by atoms with Gasteiger partial charge in [-0.1, -0.05) is 0 Å². The molecule has 0 aromatic heterocycles. The van der Waals surface area contributed by atoms with Gasteiger partial charge in [-0.25, -0.2) is 0 Å². The standard InChI is InChI=1S/C7H10O3/c1-5(8)2-3-6(9)7-4-10-7/h7H,2-4H2,1H3. The summed E-state index contributed by atoms with van der Waals surface area (Å²) >= 11 is 0. The molecule has 0 aliphatic carbocycles. The van der Waals surface area contributed by atoms with Crippen LogP contribution in [-0.2, 0) is 14.3 Å². The molecule has 1 heterocycles. The zero-order valence-corrected chi connectivity index (χ0v) is 5.92. The van der Waals surface area contributed by atoms with Crippen LogP contribution in [0.1, 0.15) is 19.8 Å². The van der Waals surface area contributed by atoms with Gasteiger partial charge in [0.25, 0.3) is 0 Å². The molecule has 0 amide bonds. The van der Waals surface area contributed by atoms with Gasteiger partial charge in [-0.2, -0.15) is 0 Å². The average molecular weight is 142 g/mol. The Bertz CT molecular complexity index is 158. The number of ether oxygens (including phenoxy) is 1. The summed E-state index contributed by atoms with van der Waals surface area (Å²) in [5.74, 6) is 0.129. The van der Waals surface area contributed by atoms with Gasteiger partial charge in [0.2, 0.25) is 0 Å². The summed E-state index contributed by atoms with van der Waals surface area (Å²) in [6, 6.07) is 0. The number of epoxide rings is 1. The minimum absolute atomic E-state index is 0.0639. The van der Waals surface area contributed by atoms with E-state index in [0.717, 1.165) is 0 Å². The molecule has 0 saturated carbocycles. The summed E-state index contributed by atoms with van der Waals surface area (Å²) < 4.78 is 4.74. The number of carbonyl (C=O) groups is 2. The van der Waals surface area contributed by atoms with E-state index in [4.69, 9.17) is 4.74 Å². The lowest BCUT2D eigenvalue weighted by Crippen LogP contribution is -2.07. The molecule has 0 bridgehead atoms. The van der Waals surface area contributed by atoms with Gasteiger partial charge in [-0.05, 0) is 6.92 Å². The Labute approximate surface area is 59.4 Å². The van der Waals surface area contributed by atoms with E-state index in [-0.39, 0.29) is 17.7 Å². The Balaban J connectivity index is 2.12. The molecular weight excluding hydrogens is 132 g/mol. The summed E-state index contributed by atoms with van der Waals surface area (Å²) in [7, 11) is 0. The number of hydrogen-bond acceptors (Lipinski definition) is 3. The van der Waals surface area contributed by atoms with Crippen molar-refractivity contribution in [1.82, 2.24) is 0 Å². The van der Waals surface area contributed by atoms with Gasteiger partial charge in [0, 0.05) is 12.8 Å². The normalized spacial score (nSPS) is 22.3. The van der Waals surface area contributed by atoms with Crippen molar-refractivity contribution in [3.8, 4) is 0 Å². The largest absolute Gasteiger partial charge is 0.365 e. The Morgan fingerprint density at radius 2 is 2.10 bits per heavy atom. The van der Waals surface area contributed by atoms with Crippen molar-refractivity contribution >= 4 is 11.6 Å². The minimum Gasteiger partial charge on any atom is -0.365 e. The lowest BCUT2D eigenvalue weighted by Gasteiger charge is -1.91. The first-order chi connectivity index (χ1) is 4.70. The highest BCUT2D eigenvalue weighted by molar-refractivity contribution is 5.88. The molecule has 1 fully saturated rings. The lowest BCUT2D eigenvalue weighted by atomic mass is 10.1. The van der Waals surface area contributed by atoms with Crippen LogP contribution in [0.2, 0.25) is 0 Å². The molecule has 0 spiro atoms. The van der Waals surface area contributed by atoms with Crippen LogP contribution in [0.5, 0.6) is 0 Å². The fourth-order valence-electron chi connectivity index (χ4n) is 0.694. The molecule has 0 aromatic rings. The van der Waals surface area contributed by atoms with Crippen molar-refractivity contribution in [2.45, 2.75) is 25.9 Å². The number of hydrogen-bond donors (Lipinski definition) is 0. The Hall–Kier alpha value is -0.700. The summed E-state index contributed by atoms with van der Waals surface area (Å²) in [5.41, 5.74) is 0. The number of rotatable bonds is 4. The second kappa shape index (κ2) is 2.92. The fraction of sp³-hybridized carbons (Fsp3) is 0.714. The predicted molar refractivity (Wildman–Crippen MR) is 34.7 cm³/mol. The molecule has 0 radical (unpaired) electrons. The van der Waals surface area contributed by atoms with Gasteiger partial charge in [-0.3, -0.25) is 4.79 Å². The topological polar surface area (TPSA) is 46.7 Å². The molecule has 3 heteroatoms. The predicted octanol–water partition coefficient (Wildman–Crippen LogP) is 0.323. The monoisotopic (exact) mass is 142 g/mol. The highest BCUT2D eigenvalue weighted by Gasteiger charge is 2.30. The van der Waals surface area contributed by atoms with E-state index in [9.17, 15) is 9.59 Å². The average Bonchev–Trinajstić information content (AvgIpc) is 2.63. The molecule has 1 atom stereocenters. The summed E-state index contributed by atoms with van der Waals surface area (Å²) in [4.78, 5) is 21.2. The van der Waals surface area contributed by atoms with Crippen LogP contribution in [0, 0.1) is 0 Å². The molecule has 1 aliphatic rings. The highest BCUT2D eigenvalue weighted by Crippen LogP contribution is 2.12. The zero-order valence-electron chi connectivity index (χ0n) is 5.92. The molecule has 3 nitrogen and oxygen atoms in total. The van der Waals surface area contributed by atoms with E-state index >= 15 is 0 Å². The third-order valence-corrected chi connectivity index (χ3v) is 1.42. The van der Waals surface area contributed by atoms with E-state index in [0.29, 0.717) is 19.4 Å². The number of carbonyl (C=O) groups excluding carboxylic acids is 2. The number of Topliss-reactive ketones (excluding diaryl/α,β-unsaturated/α-hetero) is 2. The third kappa shape index (κ3) is 2.27. The Morgan fingerprint density at radius 1 is 1.50 bits per heavy atom. The molecule has 10 heavy (non-hydrogen) atoms. The fourth-order valence-corrected chi connectivity index (χ4v) is 0.694. The van der Waals surface area contributed by atoms with Crippen molar-refractivity contribution in [2.24, 2.45) is 0 Å². The van der Waals surface area contributed by atoms with Crippen LogP contribution in [-0.4, -0.2) is 24.3 Å². The first-order valence-electron chi connectivity index (χ1n) is 3.34. The van der Waals surface area contributed by atoms with Crippen molar-refractivity contribution in [3.63, 3.8) is 0 Å². The zero-order chi connectivity index (χ0) is 7.56. The van der Waals surface area contributed by atoms with Gasteiger partial charge in [0.05, 0.1) is 6.61 Å². The molecule has 1 aliphatic heterocycles. The van der Waals surface area contributed by atoms with Crippen molar-refractivity contribution in [2.75, 3.05) is 6.61 Å². The van der Waals surface area contributed by atoms with Gasteiger partial charge < -0.3 is 9.53 Å². The second-order valence-electron chi connectivity index (χ2n) is 2.49. The van der Waals surface area contributed by atoms with E-state index in [2.05, 4.69) is 0 Å². The van der Waals surface area contributed by atoms with Crippen molar-refractivity contribution in [1.29, 1.82) is 0 Å².